The van der Waals surface area contributed by atoms with Crippen LogP contribution in [0.5, 0.6) is 0 Å². The zero-order valence-corrected chi connectivity index (χ0v) is 13.0. The second-order valence-corrected chi connectivity index (χ2v) is 8.57. The minimum absolute atomic E-state index is 0.315. The van der Waals surface area contributed by atoms with Crippen LogP contribution in [0.1, 0.15) is 67.2 Å². The molecule has 1 nitrogen and oxygen atoms in total. The lowest BCUT2D eigenvalue weighted by Crippen LogP contribution is -2.59. The summed E-state index contributed by atoms with van der Waals surface area (Å²) in [6.45, 7) is 14.7. The van der Waals surface area contributed by atoms with E-state index in [9.17, 15) is 0 Å². The van der Waals surface area contributed by atoms with Gasteiger partial charge in [0.15, 0.2) is 0 Å². The summed E-state index contributed by atoms with van der Waals surface area (Å²) >= 11 is 0. The zero-order chi connectivity index (χ0) is 13.3. The minimum atomic E-state index is 0.315. The molecule has 0 aromatic carbocycles. The van der Waals surface area contributed by atoms with Gasteiger partial charge in [-0.25, -0.2) is 0 Å². The van der Waals surface area contributed by atoms with Crippen LogP contribution in [0.4, 0.5) is 0 Å². The second-order valence-electron chi connectivity index (χ2n) is 8.57. The first kappa shape index (κ1) is 13.0. The predicted octanol–water partition coefficient (Wildman–Crippen LogP) is 4.65. The van der Waals surface area contributed by atoms with Crippen LogP contribution in [0.2, 0.25) is 0 Å². The molecule has 1 heterocycles. The van der Waals surface area contributed by atoms with Crippen LogP contribution in [0.3, 0.4) is 0 Å². The summed E-state index contributed by atoms with van der Waals surface area (Å²) < 4.78 is 6.45. The van der Waals surface area contributed by atoms with E-state index in [1.807, 2.05) is 0 Å². The first-order chi connectivity index (χ1) is 8.23. The van der Waals surface area contributed by atoms with E-state index in [2.05, 4.69) is 41.5 Å². The molecule has 0 aromatic heterocycles. The van der Waals surface area contributed by atoms with Gasteiger partial charge in [0.1, 0.15) is 0 Å². The lowest BCUT2D eigenvalue weighted by Gasteiger charge is -2.61. The van der Waals surface area contributed by atoms with Gasteiger partial charge >= 0.3 is 0 Å². The van der Waals surface area contributed by atoms with Crippen LogP contribution in [0, 0.1) is 28.1 Å². The largest absolute Gasteiger partial charge is 0.374 e. The molecule has 104 valence electrons. The van der Waals surface area contributed by atoms with E-state index in [-0.39, 0.29) is 0 Å². The molecule has 0 amide bonds. The van der Waals surface area contributed by atoms with E-state index in [0.29, 0.717) is 28.5 Å². The van der Waals surface area contributed by atoms with Gasteiger partial charge in [-0.3, -0.25) is 0 Å². The lowest BCUT2D eigenvalue weighted by molar-refractivity contribution is -0.178. The average Bonchev–Trinajstić information content (AvgIpc) is 2.82. The van der Waals surface area contributed by atoms with Gasteiger partial charge in [0.2, 0.25) is 0 Å². The van der Waals surface area contributed by atoms with Gasteiger partial charge in [-0.1, -0.05) is 41.0 Å². The summed E-state index contributed by atoms with van der Waals surface area (Å²) in [5.74, 6) is 1.61. The quantitative estimate of drug-likeness (QED) is 0.608. The Labute approximate surface area is 113 Å². The van der Waals surface area contributed by atoms with Crippen molar-refractivity contribution in [2.45, 2.75) is 79.4 Å². The number of hydrogen-bond donors (Lipinski definition) is 0. The van der Waals surface area contributed by atoms with Crippen LogP contribution in [-0.4, -0.2) is 12.2 Å². The van der Waals surface area contributed by atoms with Gasteiger partial charge in [0.05, 0.1) is 12.2 Å². The van der Waals surface area contributed by atoms with Crippen LogP contribution >= 0.6 is 0 Å². The van der Waals surface area contributed by atoms with Crippen molar-refractivity contribution in [3.05, 3.63) is 0 Å². The number of hydrogen-bond acceptors (Lipinski definition) is 1. The molecule has 5 atom stereocenters. The molecule has 0 radical (unpaired) electrons. The fourth-order valence-electron chi connectivity index (χ4n) is 6.23. The Hall–Kier alpha value is -0.0400. The Morgan fingerprint density at radius 1 is 1.00 bits per heavy atom. The Morgan fingerprint density at radius 2 is 1.67 bits per heavy atom. The van der Waals surface area contributed by atoms with Crippen LogP contribution in [0.25, 0.3) is 0 Å². The normalized spacial score (nSPS) is 53.0. The van der Waals surface area contributed by atoms with Gasteiger partial charge in [-0.15, -0.1) is 0 Å². The SMILES string of the molecule is CC1CC23CCCC2C(C)(C)C(C)C(C)(C)C3O1. The molecule has 3 rings (SSSR count). The molecular weight excluding hydrogens is 220 g/mol. The summed E-state index contributed by atoms with van der Waals surface area (Å²) in [6, 6.07) is 0. The maximum absolute atomic E-state index is 6.45. The molecule has 1 saturated heterocycles. The molecule has 0 aromatic rings. The van der Waals surface area contributed by atoms with E-state index in [0.717, 1.165) is 11.8 Å². The van der Waals surface area contributed by atoms with Crippen molar-refractivity contribution in [1.82, 2.24) is 0 Å². The fraction of sp³-hybridized carbons (Fsp3) is 1.00. The van der Waals surface area contributed by atoms with Crippen molar-refractivity contribution in [2.75, 3.05) is 0 Å². The Morgan fingerprint density at radius 3 is 2.33 bits per heavy atom. The Kier molecular flexibility index (Phi) is 2.55. The highest BCUT2D eigenvalue weighted by molar-refractivity contribution is 5.16. The third-order valence-electron chi connectivity index (χ3n) is 7.19. The smallest absolute Gasteiger partial charge is 0.0692 e. The molecule has 3 aliphatic rings. The standard InChI is InChI=1S/C17H30O/c1-11-10-17-9-7-8-13(17)15(3,4)12(2)16(5,6)14(17)18-11/h11-14H,7-10H2,1-6H3. The molecule has 1 spiro atoms. The van der Waals surface area contributed by atoms with E-state index >= 15 is 0 Å². The summed E-state index contributed by atoms with van der Waals surface area (Å²) in [5.41, 5.74) is 1.28. The monoisotopic (exact) mass is 250 g/mol. The van der Waals surface area contributed by atoms with Crippen molar-refractivity contribution in [3.63, 3.8) is 0 Å². The average molecular weight is 250 g/mol. The highest BCUT2D eigenvalue weighted by atomic mass is 16.5. The highest BCUT2D eigenvalue weighted by Gasteiger charge is 2.68. The van der Waals surface area contributed by atoms with Crippen LogP contribution in [0.15, 0.2) is 0 Å². The molecule has 0 bridgehead atoms. The van der Waals surface area contributed by atoms with Crippen molar-refractivity contribution < 1.29 is 4.74 Å². The van der Waals surface area contributed by atoms with Crippen molar-refractivity contribution in [2.24, 2.45) is 28.1 Å². The molecule has 1 aliphatic heterocycles. The molecular formula is C17H30O. The van der Waals surface area contributed by atoms with Crippen LogP contribution < -0.4 is 0 Å². The summed E-state index contributed by atoms with van der Waals surface area (Å²) in [4.78, 5) is 0. The maximum atomic E-state index is 6.45. The molecule has 0 N–H and O–H groups in total. The Bertz CT molecular complexity index is 357. The fourth-order valence-corrected chi connectivity index (χ4v) is 6.23. The van der Waals surface area contributed by atoms with Gasteiger partial charge in [0.25, 0.3) is 0 Å². The highest BCUT2D eigenvalue weighted by Crippen LogP contribution is 2.70. The van der Waals surface area contributed by atoms with Crippen molar-refractivity contribution in [1.29, 1.82) is 0 Å². The first-order valence-corrected chi connectivity index (χ1v) is 7.88. The molecule has 1 heteroatoms. The maximum Gasteiger partial charge on any atom is 0.0692 e. The second kappa shape index (κ2) is 3.53. The van der Waals surface area contributed by atoms with Gasteiger partial charge in [0, 0.05) is 5.41 Å². The van der Waals surface area contributed by atoms with E-state index < -0.39 is 0 Å². The van der Waals surface area contributed by atoms with Crippen molar-refractivity contribution >= 4 is 0 Å². The summed E-state index contributed by atoms with van der Waals surface area (Å²) in [7, 11) is 0. The van der Waals surface area contributed by atoms with Gasteiger partial charge < -0.3 is 4.74 Å². The summed E-state index contributed by atoms with van der Waals surface area (Å²) in [5, 5.41) is 0. The zero-order valence-electron chi connectivity index (χ0n) is 13.0. The summed E-state index contributed by atoms with van der Waals surface area (Å²) in [6.07, 6.45) is 6.53. The topological polar surface area (TPSA) is 9.23 Å². The van der Waals surface area contributed by atoms with E-state index in [1.54, 1.807) is 0 Å². The lowest BCUT2D eigenvalue weighted by atomic mass is 9.44. The molecule has 2 aliphatic carbocycles. The predicted molar refractivity (Wildman–Crippen MR) is 75.5 cm³/mol. The third-order valence-corrected chi connectivity index (χ3v) is 7.19. The molecule has 2 saturated carbocycles. The van der Waals surface area contributed by atoms with Crippen molar-refractivity contribution in [3.8, 4) is 0 Å². The van der Waals surface area contributed by atoms with Gasteiger partial charge in [-0.2, -0.15) is 0 Å². The molecule has 5 unspecified atom stereocenters. The number of ether oxygens (including phenoxy) is 1. The van der Waals surface area contributed by atoms with Gasteiger partial charge in [-0.05, 0) is 48.9 Å². The molecule has 3 fully saturated rings. The minimum Gasteiger partial charge on any atom is -0.374 e. The number of rotatable bonds is 0. The van der Waals surface area contributed by atoms with E-state index in [1.165, 1.54) is 25.7 Å². The molecule has 18 heavy (non-hydrogen) atoms. The third kappa shape index (κ3) is 1.32. The Balaban J connectivity index is 2.12. The van der Waals surface area contributed by atoms with Crippen LogP contribution in [-0.2, 0) is 4.74 Å². The van der Waals surface area contributed by atoms with E-state index in [4.69, 9.17) is 4.74 Å². The first-order valence-electron chi connectivity index (χ1n) is 7.88.